The van der Waals surface area contributed by atoms with E-state index in [2.05, 4.69) is 0 Å². The van der Waals surface area contributed by atoms with Crippen molar-refractivity contribution < 1.29 is 14.7 Å². The van der Waals surface area contributed by atoms with Crippen molar-refractivity contribution >= 4 is 11.8 Å². The number of benzene rings is 1. The fraction of sp³-hybridized carbons (Fsp3) is 0.333. The van der Waals surface area contributed by atoms with Crippen LogP contribution in [0.1, 0.15) is 36.7 Å². The third kappa shape index (κ3) is 2.24. The number of hydrogen-bond acceptors (Lipinski definition) is 2. The number of ketones is 1. The Labute approximate surface area is 88.7 Å². The molecule has 1 aromatic carbocycles. The van der Waals surface area contributed by atoms with Crippen molar-refractivity contribution in [2.24, 2.45) is 0 Å². The van der Waals surface area contributed by atoms with Crippen molar-refractivity contribution in [2.75, 3.05) is 0 Å². The summed E-state index contributed by atoms with van der Waals surface area (Å²) in [5.74, 6) is -0.896. The van der Waals surface area contributed by atoms with Gasteiger partial charge in [-0.15, -0.1) is 0 Å². The van der Waals surface area contributed by atoms with Crippen LogP contribution in [-0.4, -0.2) is 16.9 Å². The van der Waals surface area contributed by atoms with Crippen molar-refractivity contribution in [3.05, 3.63) is 35.4 Å². The highest BCUT2D eigenvalue weighted by atomic mass is 16.4. The van der Waals surface area contributed by atoms with Crippen molar-refractivity contribution in [3.63, 3.8) is 0 Å². The maximum Gasteiger partial charge on any atom is 0.313 e. The molecule has 15 heavy (non-hydrogen) atoms. The average molecular weight is 206 g/mol. The van der Waals surface area contributed by atoms with Crippen LogP contribution in [-0.2, 0) is 10.2 Å². The van der Waals surface area contributed by atoms with Gasteiger partial charge in [0.05, 0.1) is 5.41 Å². The van der Waals surface area contributed by atoms with Crippen LogP contribution in [0.5, 0.6) is 0 Å². The maximum absolute atomic E-state index is 11.0. The second kappa shape index (κ2) is 3.85. The molecule has 0 aliphatic carbocycles. The molecule has 1 aromatic rings. The lowest BCUT2D eigenvalue weighted by Crippen LogP contribution is -2.28. The molecule has 0 heterocycles. The quantitative estimate of drug-likeness (QED) is 0.772. The Morgan fingerprint density at radius 2 is 1.60 bits per heavy atom. The first-order valence-corrected chi connectivity index (χ1v) is 4.70. The first kappa shape index (κ1) is 11.4. The largest absolute Gasteiger partial charge is 0.481 e. The summed E-state index contributed by atoms with van der Waals surface area (Å²) < 4.78 is 0. The van der Waals surface area contributed by atoms with Crippen LogP contribution >= 0.6 is 0 Å². The molecular formula is C12H14O3. The lowest BCUT2D eigenvalue weighted by Gasteiger charge is -2.19. The molecule has 0 bridgehead atoms. The minimum atomic E-state index is -0.921. The van der Waals surface area contributed by atoms with Gasteiger partial charge in [0.15, 0.2) is 5.78 Å². The fourth-order valence-corrected chi connectivity index (χ4v) is 1.25. The molecule has 0 aliphatic heterocycles. The molecule has 80 valence electrons. The van der Waals surface area contributed by atoms with Crippen LogP contribution < -0.4 is 0 Å². The lowest BCUT2D eigenvalue weighted by molar-refractivity contribution is -0.142. The number of aliphatic carboxylic acids is 1. The summed E-state index contributed by atoms with van der Waals surface area (Å²) in [5, 5.41) is 9.01. The number of Topliss-reactive ketones (excluding diaryl/α,β-unsaturated/α-hetero) is 1. The number of hydrogen-bond donors (Lipinski definition) is 1. The van der Waals surface area contributed by atoms with Gasteiger partial charge in [0.25, 0.3) is 0 Å². The molecule has 3 nitrogen and oxygen atoms in total. The molecule has 3 heteroatoms. The molecule has 1 rings (SSSR count). The first-order chi connectivity index (χ1) is 6.85. The summed E-state index contributed by atoms with van der Waals surface area (Å²) in [6.45, 7) is 4.76. The van der Waals surface area contributed by atoms with Crippen LogP contribution in [0.15, 0.2) is 24.3 Å². The van der Waals surface area contributed by atoms with Crippen molar-refractivity contribution in [1.82, 2.24) is 0 Å². The van der Waals surface area contributed by atoms with Crippen LogP contribution in [0.4, 0.5) is 0 Å². The van der Waals surface area contributed by atoms with E-state index < -0.39 is 11.4 Å². The third-order valence-electron chi connectivity index (χ3n) is 2.55. The van der Waals surface area contributed by atoms with Gasteiger partial charge < -0.3 is 5.11 Å². The van der Waals surface area contributed by atoms with E-state index in [-0.39, 0.29) is 5.78 Å². The van der Waals surface area contributed by atoms with Gasteiger partial charge >= 0.3 is 5.97 Å². The fourth-order valence-electron chi connectivity index (χ4n) is 1.25. The van der Waals surface area contributed by atoms with E-state index in [0.29, 0.717) is 11.1 Å². The Morgan fingerprint density at radius 3 is 1.93 bits per heavy atom. The van der Waals surface area contributed by atoms with E-state index in [4.69, 9.17) is 5.11 Å². The zero-order valence-corrected chi connectivity index (χ0v) is 9.07. The molecule has 0 aliphatic rings. The number of rotatable bonds is 3. The van der Waals surface area contributed by atoms with Crippen LogP contribution in [0.2, 0.25) is 0 Å². The monoisotopic (exact) mass is 206 g/mol. The molecule has 0 saturated carbocycles. The molecule has 0 atom stereocenters. The smallest absolute Gasteiger partial charge is 0.313 e. The minimum absolute atomic E-state index is 0.0188. The van der Waals surface area contributed by atoms with Gasteiger partial charge in [0, 0.05) is 5.56 Å². The molecular weight excluding hydrogens is 192 g/mol. The maximum atomic E-state index is 11.0. The Kier molecular flexibility index (Phi) is 2.93. The number of carboxylic acid groups (broad SMARTS) is 1. The highest BCUT2D eigenvalue weighted by Gasteiger charge is 2.29. The van der Waals surface area contributed by atoms with Gasteiger partial charge in [-0.05, 0) is 26.3 Å². The predicted molar refractivity (Wildman–Crippen MR) is 57.1 cm³/mol. The second-order valence-electron chi connectivity index (χ2n) is 4.06. The normalized spacial score (nSPS) is 11.1. The second-order valence-corrected chi connectivity index (χ2v) is 4.06. The van der Waals surface area contributed by atoms with E-state index in [1.54, 1.807) is 38.1 Å². The topological polar surface area (TPSA) is 54.4 Å². The highest BCUT2D eigenvalue weighted by Crippen LogP contribution is 2.23. The standard InChI is InChI=1S/C12H14O3/c1-8(13)9-4-6-10(7-5-9)12(2,3)11(14)15/h4-7H,1-3H3,(H,14,15). The molecule has 0 spiro atoms. The number of carbonyl (C=O) groups excluding carboxylic acids is 1. The molecule has 0 aromatic heterocycles. The van der Waals surface area contributed by atoms with E-state index in [0.717, 1.165) is 0 Å². The summed E-state index contributed by atoms with van der Waals surface area (Å²) in [4.78, 5) is 22.0. The number of carboxylic acids is 1. The van der Waals surface area contributed by atoms with Crippen LogP contribution in [0.25, 0.3) is 0 Å². The molecule has 0 amide bonds. The number of carbonyl (C=O) groups is 2. The van der Waals surface area contributed by atoms with E-state index >= 15 is 0 Å². The summed E-state index contributed by atoms with van der Waals surface area (Å²) in [6, 6.07) is 6.68. The van der Waals surface area contributed by atoms with Gasteiger partial charge in [-0.1, -0.05) is 24.3 Å². The van der Waals surface area contributed by atoms with Gasteiger partial charge in [-0.2, -0.15) is 0 Å². The predicted octanol–water partition coefficient (Wildman–Crippen LogP) is 2.25. The third-order valence-corrected chi connectivity index (χ3v) is 2.55. The minimum Gasteiger partial charge on any atom is -0.481 e. The Hall–Kier alpha value is -1.64. The summed E-state index contributed by atoms with van der Waals surface area (Å²) in [6.07, 6.45) is 0. The van der Waals surface area contributed by atoms with E-state index in [1.165, 1.54) is 6.92 Å². The van der Waals surface area contributed by atoms with Crippen LogP contribution in [0.3, 0.4) is 0 Å². The SMILES string of the molecule is CC(=O)c1ccc(C(C)(C)C(=O)O)cc1. The van der Waals surface area contributed by atoms with Gasteiger partial charge in [-0.25, -0.2) is 0 Å². The molecule has 0 radical (unpaired) electrons. The highest BCUT2D eigenvalue weighted by molar-refractivity contribution is 5.94. The van der Waals surface area contributed by atoms with Crippen molar-refractivity contribution in [2.45, 2.75) is 26.2 Å². The van der Waals surface area contributed by atoms with E-state index in [9.17, 15) is 9.59 Å². The Balaban J connectivity index is 3.09. The van der Waals surface area contributed by atoms with Gasteiger partial charge in [-0.3, -0.25) is 9.59 Å². The van der Waals surface area contributed by atoms with Crippen molar-refractivity contribution in [3.8, 4) is 0 Å². The average Bonchev–Trinajstić information content (AvgIpc) is 2.17. The molecule has 0 fully saturated rings. The first-order valence-electron chi connectivity index (χ1n) is 4.70. The molecule has 0 saturated heterocycles. The summed E-state index contributed by atoms with van der Waals surface area (Å²) in [7, 11) is 0. The van der Waals surface area contributed by atoms with Gasteiger partial charge in [0.1, 0.15) is 0 Å². The van der Waals surface area contributed by atoms with E-state index in [1.807, 2.05) is 0 Å². The Morgan fingerprint density at radius 1 is 1.13 bits per heavy atom. The molecule has 0 unspecified atom stereocenters. The zero-order chi connectivity index (χ0) is 11.6. The van der Waals surface area contributed by atoms with Crippen LogP contribution in [0, 0.1) is 0 Å². The molecule has 1 N–H and O–H groups in total. The van der Waals surface area contributed by atoms with Crippen molar-refractivity contribution in [1.29, 1.82) is 0 Å². The summed E-state index contributed by atoms with van der Waals surface area (Å²) >= 11 is 0. The Bertz CT molecular complexity index is 388. The zero-order valence-electron chi connectivity index (χ0n) is 9.07. The summed E-state index contributed by atoms with van der Waals surface area (Å²) in [5.41, 5.74) is 0.370. The lowest BCUT2D eigenvalue weighted by atomic mass is 9.84. The van der Waals surface area contributed by atoms with Gasteiger partial charge in [0.2, 0.25) is 0 Å².